The summed E-state index contributed by atoms with van der Waals surface area (Å²) in [5.74, 6) is -0.467. The van der Waals surface area contributed by atoms with Crippen molar-refractivity contribution in [2.45, 2.75) is 13.8 Å². The van der Waals surface area contributed by atoms with E-state index in [4.69, 9.17) is 10.0 Å². The lowest BCUT2D eigenvalue weighted by Crippen LogP contribution is -2.30. The Labute approximate surface area is 379 Å². The van der Waals surface area contributed by atoms with Gasteiger partial charge in [0, 0.05) is 79.8 Å². The minimum atomic E-state index is -1.49. The lowest BCUT2D eigenvalue weighted by Gasteiger charge is -2.17. The highest BCUT2D eigenvalue weighted by Gasteiger charge is 2.18. The Bertz CT molecular complexity index is 2920. The van der Waals surface area contributed by atoms with E-state index < -0.39 is 7.12 Å². The number of pyridine rings is 2. The van der Waals surface area contributed by atoms with Crippen LogP contribution in [0.25, 0.3) is 22.2 Å². The number of benzene rings is 4. The summed E-state index contributed by atoms with van der Waals surface area (Å²) in [5, 5.41) is 31.2. The first kappa shape index (κ1) is 46.1. The molecule has 0 aliphatic heterocycles. The van der Waals surface area contributed by atoms with Crippen molar-refractivity contribution in [3.63, 3.8) is 0 Å². The zero-order chi connectivity index (χ0) is 46.1. The average molecular weight is 922 g/mol. The molecule has 8 aromatic rings. The van der Waals surface area contributed by atoms with Crippen molar-refractivity contribution in [2.24, 2.45) is 0 Å². The normalized spacial score (nSPS) is 10.5. The summed E-state index contributed by atoms with van der Waals surface area (Å²) in [7, 11) is 5.21. The number of anilines is 2. The molecular formula is C48H46BBrN8O6. The standard InChI is InChI=1S/C24H22N4O2.C16H14BrN3O.C8H10BNO3/c1-16-4-10-20(11-5-16)27(3)24(30)19-12-13-28-22(14-19)21(15-26-28)17-6-8-18(9-7-17)23(29)25-2;1-11-3-5-13(6-4-11)19(2)16(21)12-7-8-20-15(9-12)14(17)10-18-20;1-10-8(11)6-2-4-7(5-3-6)9(12)13/h4-15H,1-3H3,(H,25,29);3-10H,1-2H3;2-5,12-13H,1H3,(H,10,11). The molecule has 0 aliphatic carbocycles. The van der Waals surface area contributed by atoms with Gasteiger partial charge in [0.25, 0.3) is 23.6 Å². The van der Waals surface area contributed by atoms with Crippen molar-refractivity contribution in [1.29, 1.82) is 0 Å². The molecule has 0 spiro atoms. The molecule has 64 heavy (non-hydrogen) atoms. The van der Waals surface area contributed by atoms with Crippen LogP contribution in [0.2, 0.25) is 0 Å². The van der Waals surface area contributed by atoms with Crippen molar-refractivity contribution in [1.82, 2.24) is 29.9 Å². The quantitative estimate of drug-likeness (QED) is 0.128. The number of carbonyl (C=O) groups is 4. The molecule has 0 aliphatic rings. The molecule has 4 amide bonds. The molecule has 0 fully saturated rings. The SMILES string of the molecule is CNC(=O)c1ccc(-c2cnn3ccc(C(=O)N(C)c4ccc(C)cc4)cc23)cc1.CNC(=O)c1ccc(B(O)O)cc1.Cc1ccc(N(C)C(=O)c2ccn3ncc(Br)c3c2)cc1. The zero-order valence-electron chi connectivity index (χ0n) is 36.0. The Kier molecular flexibility index (Phi) is 14.9. The Morgan fingerprint density at radius 1 is 0.578 bits per heavy atom. The van der Waals surface area contributed by atoms with E-state index in [1.54, 1.807) is 89.0 Å². The van der Waals surface area contributed by atoms with Gasteiger partial charge in [-0.05, 0) is 114 Å². The summed E-state index contributed by atoms with van der Waals surface area (Å²) in [5.41, 5.74) is 10.2. The molecule has 0 atom stereocenters. The molecule has 0 radical (unpaired) electrons. The number of nitrogens with zero attached hydrogens (tertiary/aromatic N) is 6. The Morgan fingerprint density at radius 3 is 1.45 bits per heavy atom. The van der Waals surface area contributed by atoms with Crippen LogP contribution in [-0.2, 0) is 0 Å². The molecular weight excluding hydrogens is 875 g/mol. The number of rotatable bonds is 8. The van der Waals surface area contributed by atoms with E-state index in [1.807, 2.05) is 86.6 Å². The van der Waals surface area contributed by atoms with Gasteiger partial charge in [0.2, 0.25) is 0 Å². The first-order valence-electron chi connectivity index (χ1n) is 20.0. The Balaban J connectivity index is 0.000000174. The predicted octanol–water partition coefficient (Wildman–Crippen LogP) is 6.35. The maximum Gasteiger partial charge on any atom is 0.488 e. The number of nitrogens with one attached hydrogen (secondary N) is 2. The molecule has 16 heteroatoms. The van der Waals surface area contributed by atoms with Gasteiger partial charge in [-0.3, -0.25) is 19.2 Å². The summed E-state index contributed by atoms with van der Waals surface area (Å²) in [6.45, 7) is 4.04. The highest BCUT2D eigenvalue weighted by atomic mass is 79.9. The third-order valence-electron chi connectivity index (χ3n) is 10.3. The number of aryl methyl sites for hydroxylation is 2. The molecule has 4 aromatic heterocycles. The minimum Gasteiger partial charge on any atom is -0.423 e. The summed E-state index contributed by atoms with van der Waals surface area (Å²) in [6, 6.07) is 36.3. The van der Waals surface area contributed by atoms with Crippen molar-refractivity contribution in [3.8, 4) is 11.1 Å². The van der Waals surface area contributed by atoms with Crippen LogP contribution in [-0.4, -0.2) is 88.2 Å². The molecule has 0 unspecified atom stereocenters. The van der Waals surface area contributed by atoms with Gasteiger partial charge in [0.15, 0.2) is 0 Å². The van der Waals surface area contributed by atoms with Crippen LogP contribution < -0.4 is 25.9 Å². The van der Waals surface area contributed by atoms with E-state index in [0.29, 0.717) is 27.7 Å². The van der Waals surface area contributed by atoms with Crippen molar-refractivity contribution in [3.05, 3.63) is 184 Å². The largest absolute Gasteiger partial charge is 0.488 e. The molecule has 4 N–H and O–H groups in total. The van der Waals surface area contributed by atoms with Crippen LogP contribution >= 0.6 is 15.9 Å². The monoisotopic (exact) mass is 920 g/mol. The van der Waals surface area contributed by atoms with E-state index in [2.05, 4.69) is 36.8 Å². The second-order valence-electron chi connectivity index (χ2n) is 14.7. The molecule has 0 saturated heterocycles. The molecule has 14 nitrogen and oxygen atoms in total. The molecule has 0 bridgehead atoms. The van der Waals surface area contributed by atoms with Crippen molar-refractivity contribution >= 4 is 74.5 Å². The van der Waals surface area contributed by atoms with Gasteiger partial charge in [0.1, 0.15) is 0 Å². The molecule has 4 heterocycles. The smallest absolute Gasteiger partial charge is 0.423 e. The first-order valence-corrected chi connectivity index (χ1v) is 20.8. The number of amides is 4. The van der Waals surface area contributed by atoms with Gasteiger partial charge in [-0.1, -0.05) is 59.7 Å². The van der Waals surface area contributed by atoms with Crippen molar-refractivity contribution in [2.75, 3.05) is 38.0 Å². The molecule has 8 rings (SSSR count). The molecule has 324 valence electrons. The lowest BCUT2D eigenvalue weighted by molar-refractivity contribution is 0.0955. The van der Waals surface area contributed by atoms with E-state index in [9.17, 15) is 19.2 Å². The minimum absolute atomic E-state index is 0.0468. The molecule has 4 aromatic carbocycles. The maximum absolute atomic E-state index is 13.0. The Hall–Kier alpha value is -7.40. The number of fused-ring (bicyclic) bond motifs is 2. The number of halogens is 1. The van der Waals surface area contributed by atoms with Crippen LogP contribution in [0.4, 0.5) is 11.4 Å². The van der Waals surface area contributed by atoms with Crippen LogP contribution in [0.3, 0.4) is 0 Å². The third kappa shape index (κ3) is 10.8. The van der Waals surface area contributed by atoms with E-state index in [1.165, 1.54) is 36.9 Å². The highest BCUT2D eigenvalue weighted by molar-refractivity contribution is 9.10. The summed E-state index contributed by atoms with van der Waals surface area (Å²) in [6.07, 6.45) is 7.06. The third-order valence-corrected chi connectivity index (χ3v) is 10.9. The fourth-order valence-corrected chi connectivity index (χ4v) is 6.86. The van der Waals surface area contributed by atoms with Gasteiger partial charge < -0.3 is 30.5 Å². The number of hydrogen-bond donors (Lipinski definition) is 4. The topological polar surface area (TPSA) is 174 Å². The summed E-state index contributed by atoms with van der Waals surface area (Å²) in [4.78, 5) is 51.8. The second kappa shape index (κ2) is 20.6. The van der Waals surface area contributed by atoms with Gasteiger partial charge in [0.05, 0.1) is 27.9 Å². The lowest BCUT2D eigenvalue weighted by atomic mass is 9.80. The van der Waals surface area contributed by atoms with Crippen LogP contribution in [0.15, 0.2) is 151 Å². The van der Waals surface area contributed by atoms with Crippen LogP contribution in [0, 0.1) is 13.8 Å². The predicted molar refractivity (Wildman–Crippen MR) is 254 cm³/mol. The second-order valence-corrected chi connectivity index (χ2v) is 15.5. The van der Waals surface area contributed by atoms with E-state index in [-0.39, 0.29) is 23.6 Å². The average Bonchev–Trinajstić information content (AvgIpc) is 3.93. The fourth-order valence-electron chi connectivity index (χ4n) is 6.47. The zero-order valence-corrected chi connectivity index (χ0v) is 37.6. The summed E-state index contributed by atoms with van der Waals surface area (Å²) >= 11 is 3.43. The van der Waals surface area contributed by atoms with Crippen LogP contribution in [0.1, 0.15) is 52.6 Å². The number of carbonyl (C=O) groups excluding carboxylic acids is 4. The Morgan fingerprint density at radius 2 is 1.00 bits per heavy atom. The van der Waals surface area contributed by atoms with E-state index >= 15 is 0 Å². The van der Waals surface area contributed by atoms with E-state index in [0.717, 1.165) is 43.6 Å². The number of aromatic nitrogens is 4. The highest BCUT2D eigenvalue weighted by Crippen LogP contribution is 2.27. The van der Waals surface area contributed by atoms with Gasteiger partial charge in [-0.25, -0.2) is 9.03 Å². The molecule has 0 saturated carbocycles. The van der Waals surface area contributed by atoms with Crippen LogP contribution in [0.5, 0.6) is 0 Å². The maximum atomic E-state index is 13.0. The first-order chi connectivity index (χ1) is 30.7. The van der Waals surface area contributed by atoms with Gasteiger partial charge in [-0.15, -0.1) is 0 Å². The van der Waals surface area contributed by atoms with Gasteiger partial charge >= 0.3 is 7.12 Å². The van der Waals surface area contributed by atoms with Gasteiger partial charge in [-0.2, -0.15) is 10.2 Å². The summed E-state index contributed by atoms with van der Waals surface area (Å²) < 4.78 is 4.34. The van der Waals surface area contributed by atoms with Crippen molar-refractivity contribution < 1.29 is 29.2 Å². The number of hydrogen-bond acceptors (Lipinski definition) is 8. The fraction of sp³-hybridized carbons (Fsp3) is 0.125.